The lowest BCUT2D eigenvalue weighted by atomic mass is 9.73. The number of hydrazone groups is 1. The zero-order valence-electron chi connectivity index (χ0n) is 22.0. The second-order valence-electron chi connectivity index (χ2n) is 10.1. The van der Waals surface area contributed by atoms with Crippen LogP contribution in [-0.4, -0.2) is 60.1 Å². The van der Waals surface area contributed by atoms with E-state index in [1.54, 1.807) is 36.2 Å². The Morgan fingerprint density at radius 2 is 1.62 bits per heavy atom. The molecule has 1 fully saturated rings. The first-order valence-corrected chi connectivity index (χ1v) is 13.1. The first-order chi connectivity index (χ1) is 18.9. The van der Waals surface area contributed by atoms with Crippen LogP contribution in [0.4, 0.5) is 0 Å². The largest absolute Gasteiger partial charge is 0.376 e. The molecule has 2 unspecified atom stereocenters. The molecule has 0 spiro atoms. The summed E-state index contributed by atoms with van der Waals surface area (Å²) in [5.74, 6) is -1.69. The molecule has 200 valence electrons. The number of likely N-dealkylation sites (tertiary alicyclic amines) is 1. The SMILES string of the molecule is CN1N=C2CCN(C(=O)C(COCc3ccccc3)c3ccccc3C(N)=O)CC2(Cc2ccccc2)C1=O. The Morgan fingerprint density at radius 1 is 0.974 bits per heavy atom. The van der Waals surface area contributed by atoms with Crippen molar-refractivity contribution in [2.75, 3.05) is 26.7 Å². The van der Waals surface area contributed by atoms with E-state index in [0.29, 0.717) is 31.6 Å². The van der Waals surface area contributed by atoms with Gasteiger partial charge in [0.1, 0.15) is 5.41 Å². The van der Waals surface area contributed by atoms with E-state index in [1.807, 2.05) is 60.7 Å². The molecule has 0 aliphatic carbocycles. The summed E-state index contributed by atoms with van der Waals surface area (Å²) in [5.41, 5.74) is 8.36. The third-order valence-corrected chi connectivity index (χ3v) is 7.56. The highest BCUT2D eigenvalue weighted by Gasteiger charge is 2.53. The molecule has 39 heavy (non-hydrogen) atoms. The molecule has 8 nitrogen and oxygen atoms in total. The molecule has 3 aromatic rings. The van der Waals surface area contributed by atoms with Crippen molar-refractivity contribution in [2.45, 2.75) is 25.4 Å². The smallest absolute Gasteiger partial charge is 0.256 e. The number of carbonyl (C=O) groups excluding carboxylic acids is 3. The van der Waals surface area contributed by atoms with E-state index in [9.17, 15) is 14.4 Å². The number of fused-ring (bicyclic) bond motifs is 1. The zero-order valence-corrected chi connectivity index (χ0v) is 22.0. The summed E-state index contributed by atoms with van der Waals surface area (Å²) in [6.45, 7) is 1.01. The topological polar surface area (TPSA) is 105 Å². The first kappa shape index (κ1) is 26.3. The predicted molar refractivity (Wildman–Crippen MR) is 148 cm³/mol. The highest BCUT2D eigenvalue weighted by atomic mass is 16.5. The summed E-state index contributed by atoms with van der Waals surface area (Å²) >= 11 is 0. The number of primary amides is 1. The highest BCUT2D eigenvalue weighted by Crippen LogP contribution is 2.39. The van der Waals surface area contributed by atoms with Crippen molar-refractivity contribution in [3.63, 3.8) is 0 Å². The van der Waals surface area contributed by atoms with E-state index < -0.39 is 17.2 Å². The Bertz CT molecular complexity index is 1390. The van der Waals surface area contributed by atoms with Gasteiger partial charge in [0.05, 0.1) is 24.8 Å². The molecule has 0 aromatic heterocycles. The maximum atomic E-state index is 14.2. The van der Waals surface area contributed by atoms with Gasteiger partial charge in [0.15, 0.2) is 0 Å². The van der Waals surface area contributed by atoms with Crippen LogP contribution in [0.2, 0.25) is 0 Å². The summed E-state index contributed by atoms with van der Waals surface area (Å²) in [5, 5.41) is 5.95. The van der Waals surface area contributed by atoms with Crippen molar-refractivity contribution in [3.05, 3.63) is 107 Å². The molecule has 3 aromatic carbocycles. The number of hydrogen-bond donors (Lipinski definition) is 1. The molecule has 2 N–H and O–H groups in total. The van der Waals surface area contributed by atoms with E-state index in [-0.39, 0.29) is 30.5 Å². The van der Waals surface area contributed by atoms with Crippen LogP contribution < -0.4 is 5.73 Å². The summed E-state index contributed by atoms with van der Waals surface area (Å²) in [7, 11) is 1.66. The van der Waals surface area contributed by atoms with Crippen molar-refractivity contribution in [1.29, 1.82) is 0 Å². The van der Waals surface area contributed by atoms with Gasteiger partial charge in [0.2, 0.25) is 11.8 Å². The van der Waals surface area contributed by atoms with Crippen molar-refractivity contribution in [2.24, 2.45) is 16.3 Å². The molecule has 5 rings (SSSR count). The minimum atomic E-state index is -0.928. The monoisotopic (exact) mass is 524 g/mol. The Kier molecular flexibility index (Phi) is 7.56. The third-order valence-electron chi connectivity index (χ3n) is 7.56. The van der Waals surface area contributed by atoms with Gasteiger partial charge in [-0.05, 0) is 29.2 Å². The lowest BCUT2D eigenvalue weighted by Gasteiger charge is -2.40. The Hall–Kier alpha value is -4.30. The van der Waals surface area contributed by atoms with Gasteiger partial charge in [-0.25, -0.2) is 5.01 Å². The average molecular weight is 525 g/mol. The van der Waals surface area contributed by atoms with E-state index in [0.717, 1.165) is 16.8 Å². The van der Waals surface area contributed by atoms with E-state index in [2.05, 4.69) is 5.10 Å². The maximum Gasteiger partial charge on any atom is 0.256 e. The quantitative estimate of drug-likeness (QED) is 0.463. The number of nitrogens with zero attached hydrogens (tertiary/aromatic N) is 3. The average Bonchev–Trinajstić information content (AvgIpc) is 3.20. The van der Waals surface area contributed by atoms with Gasteiger partial charge in [-0.3, -0.25) is 14.4 Å². The lowest BCUT2D eigenvalue weighted by molar-refractivity contribution is -0.141. The van der Waals surface area contributed by atoms with Crippen molar-refractivity contribution in [3.8, 4) is 0 Å². The lowest BCUT2D eigenvalue weighted by Crippen LogP contribution is -2.56. The van der Waals surface area contributed by atoms with Gasteiger partial charge in [-0.2, -0.15) is 5.10 Å². The van der Waals surface area contributed by atoms with E-state index >= 15 is 0 Å². The van der Waals surface area contributed by atoms with Crippen LogP contribution >= 0.6 is 0 Å². The number of hydrogen-bond acceptors (Lipinski definition) is 5. The molecule has 2 aliphatic rings. The fourth-order valence-corrected chi connectivity index (χ4v) is 5.62. The van der Waals surface area contributed by atoms with Gasteiger partial charge in [-0.1, -0.05) is 78.9 Å². The van der Waals surface area contributed by atoms with Crippen molar-refractivity contribution >= 4 is 23.4 Å². The molecule has 3 amide bonds. The number of amides is 3. The van der Waals surface area contributed by atoms with Crippen molar-refractivity contribution in [1.82, 2.24) is 9.91 Å². The standard InChI is InChI=1S/C31H32N4O4/c1-34-30(38)31(18-22-10-4-2-5-11-22)21-35(17-16-27(31)33-34)29(37)26(20-39-19-23-12-6-3-7-13-23)24-14-8-9-15-25(24)28(32)36/h2-15,26H,16-21H2,1H3,(H2,32,36). The third kappa shape index (κ3) is 5.33. The van der Waals surface area contributed by atoms with Crippen molar-refractivity contribution < 1.29 is 19.1 Å². The number of nitrogens with two attached hydrogens (primary N) is 1. The van der Waals surface area contributed by atoms with Crippen LogP contribution in [0.1, 0.15) is 39.4 Å². The molecule has 2 heterocycles. The number of rotatable bonds is 9. The maximum absolute atomic E-state index is 14.2. The number of ether oxygens (including phenoxy) is 1. The fraction of sp³-hybridized carbons (Fsp3) is 0.290. The minimum absolute atomic E-state index is 0.0645. The second-order valence-corrected chi connectivity index (χ2v) is 10.1. The van der Waals surface area contributed by atoms with E-state index in [4.69, 9.17) is 10.5 Å². The summed E-state index contributed by atoms with van der Waals surface area (Å²) in [4.78, 5) is 41.8. The second kappa shape index (κ2) is 11.2. The van der Waals surface area contributed by atoms with Gasteiger partial charge < -0.3 is 15.4 Å². The van der Waals surface area contributed by atoms with Crippen LogP contribution in [0.3, 0.4) is 0 Å². The van der Waals surface area contributed by atoms with Crippen LogP contribution in [-0.2, 0) is 27.4 Å². The Morgan fingerprint density at radius 3 is 2.31 bits per heavy atom. The normalized spacial score (nSPS) is 19.4. The first-order valence-electron chi connectivity index (χ1n) is 13.1. The zero-order chi connectivity index (χ0) is 27.4. The number of carbonyl (C=O) groups is 3. The van der Waals surface area contributed by atoms with Crippen LogP contribution in [0.25, 0.3) is 0 Å². The molecule has 0 bridgehead atoms. The molecule has 1 saturated heterocycles. The fourth-order valence-electron chi connectivity index (χ4n) is 5.62. The number of benzene rings is 3. The molecular weight excluding hydrogens is 492 g/mol. The Balaban J connectivity index is 1.44. The molecule has 2 aliphatic heterocycles. The van der Waals surface area contributed by atoms with Crippen LogP contribution in [0, 0.1) is 5.41 Å². The van der Waals surface area contributed by atoms with Gasteiger partial charge >= 0.3 is 0 Å². The van der Waals surface area contributed by atoms with Crippen LogP contribution in [0.5, 0.6) is 0 Å². The summed E-state index contributed by atoms with van der Waals surface area (Å²) in [6, 6.07) is 26.4. The highest BCUT2D eigenvalue weighted by molar-refractivity contribution is 6.13. The Labute approximate surface area is 228 Å². The van der Waals surface area contributed by atoms with Crippen LogP contribution in [0.15, 0.2) is 90.0 Å². The molecular formula is C31H32N4O4. The molecule has 2 atom stereocenters. The number of piperidine rings is 1. The summed E-state index contributed by atoms with van der Waals surface area (Å²) < 4.78 is 6.03. The summed E-state index contributed by atoms with van der Waals surface area (Å²) in [6.07, 6.45) is 0.941. The van der Waals surface area contributed by atoms with E-state index in [1.165, 1.54) is 5.01 Å². The predicted octanol–water partition coefficient (Wildman–Crippen LogP) is 3.38. The minimum Gasteiger partial charge on any atom is -0.376 e. The van der Waals surface area contributed by atoms with Gasteiger partial charge in [0, 0.05) is 32.1 Å². The van der Waals surface area contributed by atoms with Gasteiger partial charge in [0.25, 0.3) is 5.91 Å². The molecule has 8 heteroatoms. The van der Waals surface area contributed by atoms with Gasteiger partial charge in [-0.15, -0.1) is 0 Å². The molecule has 0 radical (unpaired) electrons. The molecule has 0 saturated carbocycles.